The van der Waals surface area contributed by atoms with Crippen molar-refractivity contribution in [3.8, 4) is 0 Å². The molecule has 0 aromatic heterocycles. The molecular formula is C21H32O. The molecule has 0 amide bonds. The van der Waals surface area contributed by atoms with Crippen LogP contribution in [0.5, 0.6) is 0 Å². The van der Waals surface area contributed by atoms with Gasteiger partial charge < -0.3 is 0 Å². The molecule has 5 unspecified atom stereocenters. The fourth-order valence-corrected chi connectivity index (χ4v) is 6.09. The third kappa shape index (κ3) is 2.32. The maximum absolute atomic E-state index is 11.7. The van der Waals surface area contributed by atoms with E-state index in [9.17, 15) is 4.79 Å². The highest BCUT2D eigenvalue weighted by molar-refractivity contribution is 5.91. The third-order valence-electron chi connectivity index (χ3n) is 7.25. The van der Waals surface area contributed by atoms with Crippen LogP contribution in [0.25, 0.3) is 0 Å². The highest BCUT2D eigenvalue weighted by Crippen LogP contribution is 2.63. The van der Waals surface area contributed by atoms with Crippen LogP contribution in [-0.2, 0) is 4.79 Å². The molecule has 22 heavy (non-hydrogen) atoms. The molecule has 4 rings (SSSR count). The van der Waals surface area contributed by atoms with Crippen LogP contribution in [0.3, 0.4) is 0 Å². The molecule has 3 fully saturated rings. The van der Waals surface area contributed by atoms with Gasteiger partial charge in [-0.25, -0.2) is 0 Å². The summed E-state index contributed by atoms with van der Waals surface area (Å²) >= 11 is 0. The van der Waals surface area contributed by atoms with Crippen molar-refractivity contribution in [2.45, 2.75) is 72.1 Å². The molecule has 122 valence electrons. The van der Waals surface area contributed by atoms with Gasteiger partial charge in [-0.15, -0.1) is 0 Å². The average molecular weight is 300 g/mol. The van der Waals surface area contributed by atoms with Gasteiger partial charge >= 0.3 is 0 Å². The van der Waals surface area contributed by atoms with Gasteiger partial charge in [0.2, 0.25) is 0 Å². The Morgan fingerprint density at radius 3 is 2.59 bits per heavy atom. The van der Waals surface area contributed by atoms with E-state index in [0.717, 1.165) is 36.5 Å². The van der Waals surface area contributed by atoms with Gasteiger partial charge in [-0.2, -0.15) is 0 Å². The van der Waals surface area contributed by atoms with Gasteiger partial charge in [0.15, 0.2) is 5.78 Å². The normalized spacial score (nSPS) is 43.3. The first-order valence-corrected chi connectivity index (χ1v) is 9.51. The number of allylic oxidation sites excluding steroid dienone is 2. The van der Waals surface area contributed by atoms with Crippen molar-refractivity contribution in [1.82, 2.24) is 0 Å². The topological polar surface area (TPSA) is 17.1 Å². The van der Waals surface area contributed by atoms with Crippen molar-refractivity contribution in [2.24, 2.45) is 29.1 Å². The second-order valence-electron chi connectivity index (χ2n) is 7.90. The monoisotopic (exact) mass is 300 g/mol. The Kier molecular flexibility index (Phi) is 4.36. The summed E-state index contributed by atoms with van der Waals surface area (Å²) in [6, 6.07) is 0. The molecule has 0 heterocycles. The Morgan fingerprint density at radius 2 is 1.82 bits per heavy atom. The van der Waals surface area contributed by atoms with E-state index in [2.05, 4.69) is 13.5 Å². The Bertz CT molecular complexity index is 500. The summed E-state index contributed by atoms with van der Waals surface area (Å²) in [5.41, 5.74) is 3.47. The summed E-state index contributed by atoms with van der Waals surface area (Å²) in [6.45, 7) is 10.9. The maximum Gasteiger partial charge on any atom is 0.155 e. The average Bonchev–Trinajstić information content (AvgIpc) is 2.84. The molecule has 0 saturated heterocycles. The molecule has 1 nitrogen and oxygen atoms in total. The van der Waals surface area contributed by atoms with Gasteiger partial charge in [-0.05, 0) is 80.1 Å². The first kappa shape index (κ1) is 16.0. The molecular weight excluding hydrogens is 268 g/mol. The lowest BCUT2D eigenvalue weighted by atomic mass is 9.52. The number of fused-ring (bicyclic) bond motifs is 5. The molecule has 0 aliphatic heterocycles. The molecule has 0 spiro atoms. The second-order valence-corrected chi connectivity index (χ2v) is 7.90. The van der Waals surface area contributed by atoms with E-state index in [1.165, 1.54) is 49.7 Å². The number of rotatable bonds is 0. The zero-order valence-corrected chi connectivity index (χ0v) is 14.7. The molecule has 0 radical (unpaired) electrons. The van der Waals surface area contributed by atoms with Crippen LogP contribution in [0.15, 0.2) is 23.8 Å². The van der Waals surface area contributed by atoms with Gasteiger partial charge in [0.05, 0.1) is 0 Å². The molecule has 0 bridgehead atoms. The maximum atomic E-state index is 11.7. The summed E-state index contributed by atoms with van der Waals surface area (Å²) in [4.78, 5) is 11.7. The van der Waals surface area contributed by atoms with Crippen LogP contribution in [0, 0.1) is 29.1 Å². The van der Waals surface area contributed by atoms with Gasteiger partial charge in [-0.1, -0.05) is 38.5 Å². The number of hydrogen-bond donors (Lipinski definition) is 0. The zero-order valence-electron chi connectivity index (χ0n) is 14.7. The predicted octanol–water partition coefficient (Wildman–Crippen LogP) is 5.71. The van der Waals surface area contributed by atoms with Crippen molar-refractivity contribution in [2.75, 3.05) is 0 Å². The first-order valence-electron chi connectivity index (χ1n) is 9.51. The van der Waals surface area contributed by atoms with Gasteiger partial charge in [0.25, 0.3) is 0 Å². The lowest BCUT2D eigenvalue weighted by Crippen LogP contribution is -2.44. The minimum Gasteiger partial charge on any atom is -0.295 e. The van der Waals surface area contributed by atoms with Crippen LogP contribution in [-0.4, -0.2) is 5.78 Å². The highest BCUT2D eigenvalue weighted by atomic mass is 16.1. The first-order chi connectivity index (χ1) is 10.6. The summed E-state index contributed by atoms with van der Waals surface area (Å²) in [7, 11) is 0. The van der Waals surface area contributed by atoms with Crippen LogP contribution < -0.4 is 0 Å². The van der Waals surface area contributed by atoms with Crippen molar-refractivity contribution in [1.29, 1.82) is 0 Å². The van der Waals surface area contributed by atoms with E-state index in [0.29, 0.717) is 11.2 Å². The number of ketones is 1. The summed E-state index contributed by atoms with van der Waals surface area (Å²) < 4.78 is 0. The minimum atomic E-state index is 0.379. The lowest BCUT2D eigenvalue weighted by Gasteiger charge is -2.53. The van der Waals surface area contributed by atoms with E-state index in [1.807, 2.05) is 19.9 Å². The Balaban J connectivity index is 0.000000693. The van der Waals surface area contributed by atoms with Crippen LogP contribution in [0.2, 0.25) is 0 Å². The van der Waals surface area contributed by atoms with Gasteiger partial charge in [0.1, 0.15) is 0 Å². The largest absolute Gasteiger partial charge is 0.295 e. The van der Waals surface area contributed by atoms with Crippen molar-refractivity contribution < 1.29 is 4.79 Å². The van der Waals surface area contributed by atoms with E-state index in [-0.39, 0.29) is 0 Å². The summed E-state index contributed by atoms with van der Waals surface area (Å²) in [6.07, 6.45) is 11.8. The number of carbonyl (C=O) groups excluding carboxylic acids is 1. The predicted molar refractivity (Wildman–Crippen MR) is 92.6 cm³/mol. The molecule has 1 heteroatoms. The standard InChI is InChI=1S/C19H26O.C2H6/c1-12-3-8-18-17-6-4-13-11-14(20)5-7-15(13)16(17)9-10-19(12,18)2;1-2/h11,15-18H,1,3-10H2,2H3;1-2H3. The Morgan fingerprint density at radius 1 is 1.05 bits per heavy atom. The molecule has 5 atom stereocenters. The Hall–Kier alpha value is -0.850. The third-order valence-corrected chi connectivity index (χ3v) is 7.25. The summed E-state index contributed by atoms with van der Waals surface area (Å²) in [5.74, 6) is 3.78. The summed E-state index contributed by atoms with van der Waals surface area (Å²) in [5, 5.41) is 0. The minimum absolute atomic E-state index is 0.379. The fourth-order valence-electron chi connectivity index (χ4n) is 6.09. The number of carbonyl (C=O) groups is 1. The van der Waals surface area contributed by atoms with Crippen molar-refractivity contribution in [3.63, 3.8) is 0 Å². The van der Waals surface area contributed by atoms with E-state index >= 15 is 0 Å². The van der Waals surface area contributed by atoms with E-state index in [1.54, 1.807) is 0 Å². The zero-order chi connectivity index (χ0) is 15.9. The molecule has 3 saturated carbocycles. The van der Waals surface area contributed by atoms with Gasteiger partial charge in [-0.3, -0.25) is 4.79 Å². The van der Waals surface area contributed by atoms with Crippen molar-refractivity contribution in [3.05, 3.63) is 23.8 Å². The lowest BCUT2D eigenvalue weighted by molar-refractivity contribution is -0.115. The van der Waals surface area contributed by atoms with Crippen LogP contribution in [0.4, 0.5) is 0 Å². The SMILES string of the molecule is C=C1CCC2C3CCC4=CC(=O)CCC4C3CCC12C.CC. The second kappa shape index (κ2) is 5.98. The number of hydrogen-bond acceptors (Lipinski definition) is 1. The Labute approximate surface area is 136 Å². The molecule has 0 aromatic carbocycles. The smallest absolute Gasteiger partial charge is 0.155 e. The van der Waals surface area contributed by atoms with E-state index < -0.39 is 0 Å². The van der Waals surface area contributed by atoms with E-state index in [4.69, 9.17) is 0 Å². The highest BCUT2D eigenvalue weighted by Gasteiger charge is 2.53. The molecule has 0 aromatic rings. The molecule has 4 aliphatic carbocycles. The molecule has 4 aliphatic rings. The van der Waals surface area contributed by atoms with Gasteiger partial charge in [0, 0.05) is 6.42 Å². The van der Waals surface area contributed by atoms with Crippen LogP contribution >= 0.6 is 0 Å². The van der Waals surface area contributed by atoms with Crippen molar-refractivity contribution >= 4 is 5.78 Å². The fraction of sp³-hybridized carbons (Fsp3) is 0.762. The molecule has 0 N–H and O–H groups in total. The quantitative estimate of drug-likeness (QED) is 0.524. The van der Waals surface area contributed by atoms with Crippen LogP contribution in [0.1, 0.15) is 72.1 Å².